The minimum atomic E-state index is -1.17. The van der Waals surface area contributed by atoms with Crippen molar-refractivity contribution in [3.05, 3.63) is 41.0 Å². The van der Waals surface area contributed by atoms with Crippen molar-refractivity contribution < 1.29 is 9.53 Å². The molecule has 0 bridgehead atoms. The number of hydrogen-bond acceptors (Lipinski definition) is 3. The molecule has 1 aliphatic rings. The third-order valence-electron chi connectivity index (χ3n) is 3.78. The average Bonchev–Trinajstić information content (AvgIpc) is 2.58. The molecule has 0 aliphatic heterocycles. The molecule has 2 rings (SSSR count). The molecular weight excluding hydrogens is 238 g/mol. The second kappa shape index (κ2) is 4.20. The number of rotatable bonds is 1. The Labute approximate surface area is 114 Å². The lowest BCUT2D eigenvalue weighted by atomic mass is 9.73. The van der Waals surface area contributed by atoms with Crippen LogP contribution in [0.15, 0.2) is 29.8 Å². The van der Waals surface area contributed by atoms with Crippen LogP contribution in [0.1, 0.15) is 38.8 Å². The molecule has 0 saturated carbocycles. The number of carbonyl (C=O) groups excluding carboxylic acids is 1. The normalized spacial score (nSPS) is 22.4. The van der Waals surface area contributed by atoms with E-state index < -0.39 is 11.5 Å². The van der Waals surface area contributed by atoms with Crippen LogP contribution in [0, 0.1) is 5.41 Å². The number of methoxy groups -OCH3 is 1. The molecule has 0 radical (unpaired) electrons. The van der Waals surface area contributed by atoms with E-state index in [0.29, 0.717) is 0 Å². The van der Waals surface area contributed by atoms with Crippen molar-refractivity contribution in [2.24, 2.45) is 11.1 Å². The molecule has 0 saturated heterocycles. The van der Waals surface area contributed by atoms with Crippen LogP contribution in [-0.4, -0.2) is 13.1 Å². The molecule has 1 aliphatic carbocycles. The van der Waals surface area contributed by atoms with E-state index in [1.54, 1.807) is 0 Å². The zero-order valence-electron chi connectivity index (χ0n) is 12.2. The third kappa shape index (κ3) is 1.80. The largest absolute Gasteiger partial charge is 0.467 e. The Morgan fingerprint density at radius 1 is 1.26 bits per heavy atom. The first-order valence-corrected chi connectivity index (χ1v) is 6.43. The Hall–Kier alpha value is -1.61. The van der Waals surface area contributed by atoms with E-state index in [2.05, 4.69) is 20.8 Å². The highest BCUT2D eigenvalue weighted by atomic mass is 16.5. The lowest BCUT2D eigenvalue weighted by molar-refractivity contribution is -0.146. The van der Waals surface area contributed by atoms with Crippen LogP contribution in [0.25, 0.3) is 5.57 Å². The predicted molar refractivity (Wildman–Crippen MR) is 76.4 cm³/mol. The van der Waals surface area contributed by atoms with Crippen LogP contribution in [0.3, 0.4) is 0 Å². The smallest absolute Gasteiger partial charge is 0.334 e. The monoisotopic (exact) mass is 259 g/mol. The molecule has 1 aromatic carbocycles. The average molecular weight is 259 g/mol. The van der Waals surface area contributed by atoms with Crippen molar-refractivity contribution in [2.75, 3.05) is 7.11 Å². The maximum absolute atomic E-state index is 12.3. The summed E-state index contributed by atoms with van der Waals surface area (Å²) in [4.78, 5) is 12.3. The zero-order valence-corrected chi connectivity index (χ0v) is 12.2. The van der Waals surface area contributed by atoms with Gasteiger partial charge in [-0.2, -0.15) is 0 Å². The highest BCUT2D eigenvalue weighted by Gasteiger charge is 2.51. The molecule has 19 heavy (non-hydrogen) atoms. The lowest BCUT2D eigenvalue weighted by Gasteiger charge is -2.34. The number of fused-ring (bicyclic) bond motifs is 1. The Morgan fingerprint density at radius 3 is 2.37 bits per heavy atom. The minimum absolute atomic E-state index is 0.202. The number of nitrogens with two attached hydrogens (primary N) is 1. The molecule has 1 atom stereocenters. The van der Waals surface area contributed by atoms with Gasteiger partial charge in [0.25, 0.3) is 0 Å². The Kier molecular flexibility index (Phi) is 3.06. The number of ether oxygens (including phenoxy) is 1. The number of carbonyl (C=O) groups is 1. The van der Waals surface area contributed by atoms with Crippen molar-refractivity contribution in [1.82, 2.24) is 0 Å². The maximum Gasteiger partial charge on any atom is 0.334 e. The van der Waals surface area contributed by atoms with Gasteiger partial charge < -0.3 is 10.5 Å². The molecule has 0 heterocycles. The summed E-state index contributed by atoms with van der Waals surface area (Å²) in [7, 11) is 1.38. The summed E-state index contributed by atoms with van der Waals surface area (Å²) < 4.78 is 4.97. The van der Waals surface area contributed by atoms with Crippen LogP contribution in [-0.2, 0) is 15.1 Å². The first kappa shape index (κ1) is 13.8. The second-order valence-corrected chi connectivity index (χ2v) is 6.10. The van der Waals surface area contributed by atoms with Gasteiger partial charge in [-0.15, -0.1) is 0 Å². The van der Waals surface area contributed by atoms with Crippen molar-refractivity contribution in [3.8, 4) is 0 Å². The molecule has 3 nitrogen and oxygen atoms in total. The van der Waals surface area contributed by atoms with E-state index in [-0.39, 0.29) is 5.41 Å². The van der Waals surface area contributed by atoms with Gasteiger partial charge in [-0.3, -0.25) is 0 Å². The van der Waals surface area contributed by atoms with Crippen LogP contribution < -0.4 is 5.73 Å². The molecule has 2 N–H and O–H groups in total. The van der Waals surface area contributed by atoms with Gasteiger partial charge in [0.15, 0.2) is 5.54 Å². The van der Waals surface area contributed by atoms with Gasteiger partial charge in [0, 0.05) is 0 Å². The molecule has 1 aromatic rings. The van der Waals surface area contributed by atoms with Gasteiger partial charge in [-0.25, -0.2) is 4.79 Å². The molecule has 0 spiro atoms. The summed E-state index contributed by atoms with van der Waals surface area (Å²) in [5, 5.41) is 0. The highest BCUT2D eigenvalue weighted by molar-refractivity contribution is 5.96. The van der Waals surface area contributed by atoms with Gasteiger partial charge in [0.05, 0.1) is 7.11 Å². The summed E-state index contributed by atoms with van der Waals surface area (Å²) in [6.45, 7) is 8.24. The maximum atomic E-state index is 12.3. The molecule has 3 heteroatoms. The second-order valence-electron chi connectivity index (χ2n) is 6.10. The zero-order chi connectivity index (χ0) is 14.4. The van der Waals surface area contributed by atoms with E-state index in [1.807, 2.05) is 31.2 Å². The minimum Gasteiger partial charge on any atom is -0.467 e. The molecule has 102 valence electrons. The molecule has 0 amide bonds. The van der Waals surface area contributed by atoms with Gasteiger partial charge >= 0.3 is 5.97 Å². The van der Waals surface area contributed by atoms with E-state index in [0.717, 1.165) is 22.3 Å². The van der Waals surface area contributed by atoms with E-state index in [9.17, 15) is 4.79 Å². The van der Waals surface area contributed by atoms with Gasteiger partial charge in [0.1, 0.15) is 0 Å². The van der Waals surface area contributed by atoms with Crippen molar-refractivity contribution in [1.29, 1.82) is 0 Å². The van der Waals surface area contributed by atoms with Crippen molar-refractivity contribution >= 4 is 11.5 Å². The fourth-order valence-corrected chi connectivity index (χ4v) is 3.25. The fourth-order valence-electron chi connectivity index (χ4n) is 3.25. The van der Waals surface area contributed by atoms with E-state index >= 15 is 0 Å². The SMILES string of the molecule is COC(=O)C1(N)C(C(C)(C)C)=C(C)c2ccccc21. The van der Waals surface area contributed by atoms with Crippen molar-refractivity contribution in [3.63, 3.8) is 0 Å². The Bertz CT molecular complexity index is 566. The Morgan fingerprint density at radius 2 is 1.84 bits per heavy atom. The van der Waals surface area contributed by atoms with Crippen LogP contribution >= 0.6 is 0 Å². The molecule has 1 unspecified atom stereocenters. The summed E-state index contributed by atoms with van der Waals surface area (Å²) in [5.41, 5.74) is 9.03. The van der Waals surface area contributed by atoms with Crippen LogP contribution in [0.4, 0.5) is 0 Å². The fraction of sp³-hybridized carbons (Fsp3) is 0.438. The number of benzene rings is 1. The Balaban J connectivity index is 2.79. The molecule has 0 fully saturated rings. The summed E-state index contributed by atoms with van der Waals surface area (Å²) >= 11 is 0. The van der Waals surface area contributed by atoms with E-state index in [4.69, 9.17) is 10.5 Å². The van der Waals surface area contributed by atoms with E-state index in [1.165, 1.54) is 7.11 Å². The number of hydrogen-bond donors (Lipinski definition) is 1. The third-order valence-corrected chi connectivity index (χ3v) is 3.78. The lowest BCUT2D eigenvalue weighted by Crippen LogP contribution is -2.49. The molecule has 0 aromatic heterocycles. The highest BCUT2D eigenvalue weighted by Crippen LogP contribution is 2.50. The van der Waals surface area contributed by atoms with Gasteiger partial charge in [-0.1, -0.05) is 45.0 Å². The first-order chi connectivity index (χ1) is 8.74. The van der Waals surface area contributed by atoms with Crippen molar-refractivity contribution in [2.45, 2.75) is 33.2 Å². The summed E-state index contributed by atoms with van der Waals surface area (Å²) in [5.74, 6) is -0.401. The molecular formula is C16H21NO2. The summed E-state index contributed by atoms with van der Waals surface area (Å²) in [6.07, 6.45) is 0. The van der Waals surface area contributed by atoms with Gasteiger partial charge in [0.2, 0.25) is 0 Å². The number of allylic oxidation sites excluding steroid dienone is 1. The first-order valence-electron chi connectivity index (χ1n) is 6.43. The number of esters is 1. The van der Waals surface area contributed by atoms with Gasteiger partial charge in [-0.05, 0) is 34.6 Å². The quantitative estimate of drug-likeness (QED) is 0.789. The standard InChI is InChI=1S/C16H21NO2/c1-10-11-8-6-7-9-12(11)16(17,14(18)19-5)13(10)15(2,3)4/h6-9H,17H2,1-5H3. The topological polar surface area (TPSA) is 52.3 Å². The van der Waals surface area contributed by atoms with Crippen LogP contribution in [0.2, 0.25) is 0 Å². The summed E-state index contributed by atoms with van der Waals surface area (Å²) in [6, 6.07) is 7.79. The predicted octanol–water partition coefficient (Wildman–Crippen LogP) is 2.85. The van der Waals surface area contributed by atoms with Crippen LogP contribution in [0.5, 0.6) is 0 Å².